The lowest BCUT2D eigenvalue weighted by molar-refractivity contribution is -0.141. The van der Waals surface area contributed by atoms with Gasteiger partial charge in [-0.25, -0.2) is 4.98 Å². The maximum absolute atomic E-state index is 11.2. The number of aliphatic carboxylic acids is 1. The first-order valence-corrected chi connectivity index (χ1v) is 7.84. The SMILES string of the molecule is CC(Cn1c(Cc2ccc(Cl)cc2)nc2ccccc21)C(=O)O. The second kappa shape index (κ2) is 6.42. The molecule has 1 unspecified atom stereocenters. The zero-order chi connectivity index (χ0) is 16.4. The van der Waals surface area contributed by atoms with Gasteiger partial charge in [-0.15, -0.1) is 0 Å². The number of hydrogen-bond donors (Lipinski definition) is 1. The molecule has 0 aliphatic rings. The molecule has 0 amide bonds. The monoisotopic (exact) mass is 328 g/mol. The number of carbonyl (C=O) groups is 1. The summed E-state index contributed by atoms with van der Waals surface area (Å²) >= 11 is 5.93. The molecule has 0 aliphatic heterocycles. The van der Waals surface area contributed by atoms with Gasteiger partial charge in [-0.05, 0) is 29.8 Å². The Morgan fingerprint density at radius 1 is 1.22 bits per heavy atom. The lowest BCUT2D eigenvalue weighted by atomic mass is 10.1. The van der Waals surface area contributed by atoms with E-state index in [4.69, 9.17) is 11.6 Å². The zero-order valence-corrected chi connectivity index (χ0v) is 13.5. The quantitative estimate of drug-likeness (QED) is 0.770. The van der Waals surface area contributed by atoms with Crippen LogP contribution in [0.15, 0.2) is 48.5 Å². The molecule has 0 saturated heterocycles. The van der Waals surface area contributed by atoms with Crippen LogP contribution >= 0.6 is 11.6 Å². The number of imidazole rings is 1. The molecule has 1 heterocycles. The summed E-state index contributed by atoms with van der Waals surface area (Å²) in [5.41, 5.74) is 2.94. The standard InChI is InChI=1S/C18H17ClN2O2/c1-12(18(22)23)11-21-16-5-3-2-4-15(16)20-17(21)10-13-6-8-14(19)9-7-13/h2-9,12H,10-11H2,1H3,(H,22,23). The lowest BCUT2D eigenvalue weighted by Crippen LogP contribution is -2.18. The third-order valence-corrected chi connectivity index (χ3v) is 4.14. The molecule has 0 saturated carbocycles. The van der Waals surface area contributed by atoms with E-state index in [-0.39, 0.29) is 0 Å². The average Bonchev–Trinajstić information content (AvgIpc) is 2.87. The van der Waals surface area contributed by atoms with Crippen LogP contribution in [0.1, 0.15) is 18.3 Å². The third-order valence-electron chi connectivity index (χ3n) is 3.89. The molecule has 0 aliphatic carbocycles. The van der Waals surface area contributed by atoms with Gasteiger partial charge in [-0.2, -0.15) is 0 Å². The topological polar surface area (TPSA) is 55.1 Å². The minimum atomic E-state index is -0.805. The van der Waals surface area contributed by atoms with Crippen LogP contribution in [-0.2, 0) is 17.8 Å². The fourth-order valence-corrected chi connectivity index (χ4v) is 2.73. The molecule has 5 heteroatoms. The Morgan fingerprint density at radius 3 is 2.61 bits per heavy atom. The first kappa shape index (κ1) is 15.6. The van der Waals surface area contributed by atoms with Crippen LogP contribution < -0.4 is 0 Å². The van der Waals surface area contributed by atoms with E-state index in [9.17, 15) is 9.90 Å². The van der Waals surface area contributed by atoms with Gasteiger partial charge >= 0.3 is 5.97 Å². The summed E-state index contributed by atoms with van der Waals surface area (Å²) in [5, 5.41) is 9.91. The van der Waals surface area contributed by atoms with Gasteiger partial charge in [-0.3, -0.25) is 4.79 Å². The summed E-state index contributed by atoms with van der Waals surface area (Å²) < 4.78 is 2.00. The van der Waals surface area contributed by atoms with Crippen molar-refractivity contribution in [3.05, 3.63) is 64.9 Å². The summed E-state index contributed by atoms with van der Waals surface area (Å²) in [5.74, 6) is -0.418. The Balaban J connectivity index is 2.00. The molecule has 1 N–H and O–H groups in total. The van der Waals surface area contributed by atoms with Crippen molar-refractivity contribution in [1.82, 2.24) is 9.55 Å². The van der Waals surface area contributed by atoms with Crippen LogP contribution in [0, 0.1) is 5.92 Å². The minimum Gasteiger partial charge on any atom is -0.481 e. The van der Waals surface area contributed by atoms with Crippen molar-refractivity contribution in [2.45, 2.75) is 19.9 Å². The predicted molar refractivity (Wildman–Crippen MR) is 90.8 cm³/mol. The van der Waals surface area contributed by atoms with Crippen molar-refractivity contribution in [2.75, 3.05) is 0 Å². The first-order valence-electron chi connectivity index (χ1n) is 7.46. The number of rotatable bonds is 5. The Morgan fingerprint density at radius 2 is 1.91 bits per heavy atom. The van der Waals surface area contributed by atoms with E-state index < -0.39 is 11.9 Å². The highest BCUT2D eigenvalue weighted by molar-refractivity contribution is 6.30. The van der Waals surface area contributed by atoms with E-state index in [0.29, 0.717) is 18.0 Å². The van der Waals surface area contributed by atoms with Gasteiger partial charge in [0.2, 0.25) is 0 Å². The molecule has 3 aromatic rings. The second-order valence-electron chi connectivity index (χ2n) is 5.67. The maximum Gasteiger partial charge on any atom is 0.308 e. The van der Waals surface area contributed by atoms with E-state index in [1.807, 2.05) is 53.1 Å². The average molecular weight is 329 g/mol. The highest BCUT2D eigenvalue weighted by Crippen LogP contribution is 2.21. The molecule has 118 valence electrons. The number of carboxylic acid groups (broad SMARTS) is 1. The van der Waals surface area contributed by atoms with Crippen LogP contribution in [0.5, 0.6) is 0 Å². The summed E-state index contributed by atoms with van der Waals surface area (Å²) in [6, 6.07) is 15.4. The summed E-state index contributed by atoms with van der Waals surface area (Å²) in [4.78, 5) is 15.9. The highest BCUT2D eigenvalue weighted by atomic mass is 35.5. The molecule has 0 radical (unpaired) electrons. The summed E-state index contributed by atoms with van der Waals surface area (Å²) in [6.45, 7) is 2.11. The third kappa shape index (κ3) is 3.37. The van der Waals surface area contributed by atoms with Crippen molar-refractivity contribution in [1.29, 1.82) is 0 Å². The van der Waals surface area contributed by atoms with Gasteiger partial charge < -0.3 is 9.67 Å². The molecule has 0 bridgehead atoms. The fraction of sp³-hybridized carbons (Fsp3) is 0.222. The van der Waals surface area contributed by atoms with E-state index in [1.54, 1.807) is 6.92 Å². The zero-order valence-electron chi connectivity index (χ0n) is 12.7. The number of benzene rings is 2. The Bertz CT molecular complexity index is 840. The van der Waals surface area contributed by atoms with Crippen molar-refractivity contribution in [2.24, 2.45) is 5.92 Å². The smallest absolute Gasteiger partial charge is 0.308 e. The molecule has 0 spiro atoms. The van der Waals surface area contributed by atoms with E-state index >= 15 is 0 Å². The molecule has 2 aromatic carbocycles. The summed E-state index contributed by atoms with van der Waals surface area (Å²) in [7, 11) is 0. The predicted octanol–water partition coefficient (Wildman–Crippen LogP) is 4.00. The summed E-state index contributed by atoms with van der Waals surface area (Å²) in [6.07, 6.45) is 0.637. The molecule has 1 atom stereocenters. The van der Waals surface area contributed by atoms with Gasteiger partial charge in [0.05, 0.1) is 17.0 Å². The fourth-order valence-electron chi connectivity index (χ4n) is 2.60. The Labute approximate surface area is 139 Å². The van der Waals surface area contributed by atoms with Crippen molar-refractivity contribution < 1.29 is 9.90 Å². The number of fused-ring (bicyclic) bond motifs is 1. The van der Waals surface area contributed by atoms with Crippen LogP contribution in [0.3, 0.4) is 0 Å². The maximum atomic E-state index is 11.2. The first-order chi connectivity index (χ1) is 11.0. The Kier molecular flexibility index (Phi) is 4.35. The minimum absolute atomic E-state index is 0.402. The molecular formula is C18H17ClN2O2. The number of halogens is 1. The van der Waals surface area contributed by atoms with E-state index in [0.717, 1.165) is 22.4 Å². The van der Waals surface area contributed by atoms with Gasteiger partial charge in [0.1, 0.15) is 5.82 Å². The number of carboxylic acids is 1. The van der Waals surface area contributed by atoms with E-state index in [2.05, 4.69) is 4.98 Å². The van der Waals surface area contributed by atoms with Gasteiger partial charge in [-0.1, -0.05) is 42.8 Å². The number of para-hydroxylation sites is 2. The number of nitrogens with zero attached hydrogens (tertiary/aromatic N) is 2. The van der Waals surface area contributed by atoms with Crippen molar-refractivity contribution >= 4 is 28.6 Å². The van der Waals surface area contributed by atoms with Gasteiger partial charge in [0, 0.05) is 18.0 Å². The lowest BCUT2D eigenvalue weighted by Gasteiger charge is -2.12. The normalized spacial score (nSPS) is 12.4. The number of aromatic nitrogens is 2. The molecule has 23 heavy (non-hydrogen) atoms. The molecule has 3 rings (SSSR count). The van der Waals surface area contributed by atoms with Crippen molar-refractivity contribution in [3.63, 3.8) is 0 Å². The van der Waals surface area contributed by atoms with Crippen LogP contribution in [0.4, 0.5) is 0 Å². The molecule has 4 nitrogen and oxygen atoms in total. The molecule has 1 aromatic heterocycles. The number of hydrogen-bond acceptors (Lipinski definition) is 2. The molecule has 0 fully saturated rings. The Hall–Kier alpha value is -2.33. The van der Waals surface area contributed by atoms with Crippen LogP contribution in [-0.4, -0.2) is 20.6 Å². The van der Waals surface area contributed by atoms with E-state index in [1.165, 1.54) is 0 Å². The van der Waals surface area contributed by atoms with Gasteiger partial charge in [0.25, 0.3) is 0 Å². The van der Waals surface area contributed by atoms with Crippen LogP contribution in [0.2, 0.25) is 5.02 Å². The van der Waals surface area contributed by atoms with Crippen LogP contribution in [0.25, 0.3) is 11.0 Å². The van der Waals surface area contributed by atoms with Gasteiger partial charge in [0.15, 0.2) is 0 Å². The second-order valence-corrected chi connectivity index (χ2v) is 6.11. The largest absolute Gasteiger partial charge is 0.481 e. The van der Waals surface area contributed by atoms with Crippen molar-refractivity contribution in [3.8, 4) is 0 Å². The molecular weight excluding hydrogens is 312 g/mol. The highest BCUT2D eigenvalue weighted by Gasteiger charge is 2.17.